The molecule has 8 nitrogen and oxygen atoms in total. The van der Waals surface area contributed by atoms with Gasteiger partial charge in [0.15, 0.2) is 0 Å². The number of aliphatic hydroxyl groups is 1. The van der Waals surface area contributed by atoms with Crippen molar-refractivity contribution in [3.63, 3.8) is 0 Å². The Balaban J connectivity index is 2.13. The monoisotopic (exact) mass is 395 g/mol. The molecule has 3 aliphatic heterocycles. The van der Waals surface area contributed by atoms with Gasteiger partial charge in [0, 0.05) is 13.1 Å². The number of rotatable bonds is 6. The van der Waals surface area contributed by atoms with Gasteiger partial charge < -0.3 is 25.4 Å². The Kier molecular flexibility index (Phi) is 5.25. The van der Waals surface area contributed by atoms with E-state index >= 15 is 0 Å². The first-order valence-electron chi connectivity index (χ1n) is 10.2. The highest BCUT2D eigenvalue weighted by Gasteiger charge is 2.78. The number of nitrogens with zero attached hydrogens (tertiary/aromatic N) is 1. The predicted octanol–water partition coefficient (Wildman–Crippen LogP) is 0.0386. The van der Waals surface area contributed by atoms with E-state index in [4.69, 9.17) is 4.74 Å². The number of hydrogen-bond acceptors (Lipinski definition) is 5. The maximum atomic E-state index is 13.6. The van der Waals surface area contributed by atoms with E-state index in [1.807, 2.05) is 34.6 Å². The van der Waals surface area contributed by atoms with Gasteiger partial charge in [-0.3, -0.25) is 14.4 Å². The zero-order valence-corrected chi connectivity index (χ0v) is 17.6. The van der Waals surface area contributed by atoms with Gasteiger partial charge in [-0.2, -0.15) is 0 Å². The molecule has 6 atom stereocenters. The topological polar surface area (TPSA) is 108 Å². The molecule has 158 valence electrons. The van der Waals surface area contributed by atoms with Gasteiger partial charge >= 0.3 is 0 Å². The molecule has 3 amide bonds. The van der Waals surface area contributed by atoms with Crippen molar-refractivity contribution in [3.8, 4) is 0 Å². The second kappa shape index (κ2) is 6.99. The fourth-order valence-electron chi connectivity index (χ4n) is 5.56. The third-order valence-electron chi connectivity index (χ3n) is 6.74. The van der Waals surface area contributed by atoms with E-state index in [-0.39, 0.29) is 36.3 Å². The number of ether oxygens (including phenoxy) is 1. The maximum absolute atomic E-state index is 13.6. The van der Waals surface area contributed by atoms with E-state index in [9.17, 15) is 19.5 Å². The zero-order chi connectivity index (χ0) is 21.0. The Morgan fingerprint density at radius 2 is 1.89 bits per heavy atom. The molecule has 0 saturated carbocycles. The highest BCUT2D eigenvalue weighted by atomic mass is 16.5. The fraction of sp³-hybridized carbons (Fsp3) is 0.850. The zero-order valence-electron chi connectivity index (χ0n) is 17.6. The lowest BCUT2D eigenvalue weighted by atomic mass is 9.66. The van der Waals surface area contributed by atoms with Crippen LogP contribution in [0.4, 0.5) is 0 Å². The van der Waals surface area contributed by atoms with E-state index < -0.39 is 35.1 Å². The van der Waals surface area contributed by atoms with Crippen molar-refractivity contribution < 1.29 is 24.2 Å². The van der Waals surface area contributed by atoms with Crippen molar-refractivity contribution in [2.75, 3.05) is 13.7 Å². The molecule has 0 aliphatic carbocycles. The summed E-state index contributed by atoms with van der Waals surface area (Å²) >= 11 is 0. The molecule has 2 unspecified atom stereocenters. The Bertz CT molecular complexity index is 681. The summed E-state index contributed by atoms with van der Waals surface area (Å²) in [4.78, 5) is 41.1. The van der Waals surface area contributed by atoms with E-state index in [0.29, 0.717) is 12.8 Å². The van der Waals surface area contributed by atoms with E-state index in [2.05, 4.69) is 10.6 Å². The Hall–Kier alpha value is -1.67. The second-order valence-electron chi connectivity index (χ2n) is 9.24. The van der Waals surface area contributed by atoms with Gasteiger partial charge in [0.05, 0.1) is 30.1 Å². The third kappa shape index (κ3) is 2.76. The summed E-state index contributed by atoms with van der Waals surface area (Å²) in [6, 6.07) is -1.48. The molecular weight excluding hydrogens is 362 g/mol. The second-order valence-corrected chi connectivity index (χ2v) is 9.24. The minimum Gasteiger partial charge on any atom is -0.394 e. The molecule has 8 heteroatoms. The average Bonchev–Trinajstić information content (AvgIpc) is 3.16. The molecule has 0 aromatic carbocycles. The first-order valence-corrected chi connectivity index (χ1v) is 10.2. The first kappa shape index (κ1) is 21.0. The summed E-state index contributed by atoms with van der Waals surface area (Å²) < 4.78 is 6.43. The summed E-state index contributed by atoms with van der Waals surface area (Å²) in [5, 5.41) is 15.6. The summed E-state index contributed by atoms with van der Waals surface area (Å²) in [6.45, 7) is 9.16. The van der Waals surface area contributed by atoms with Gasteiger partial charge in [-0.05, 0) is 39.5 Å². The Morgan fingerprint density at radius 3 is 2.39 bits per heavy atom. The lowest BCUT2D eigenvalue weighted by molar-refractivity contribution is -0.151. The van der Waals surface area contributed by atoms with Crippen LogP contribution in [0.1, 0.15) is 47.5 Å². The summed E-state index contributed by atoms with van der Waals surface area (Å²) in [5.74, 6) is -2.21. The molecule has 3 N–H and O–H groups in total. The number of nitrogens with one attached hydrogen (secondary N) is 2. The molecule has 3 fully saturated rings. The standard InChI is InChI=1S/C20H33N3O5/c1-10(2)12(9-24)23-15(17(26)22-11(3)4)20-8-7-19(5,28-20)13(16(25)21-6)14(20)18(23)27/h10-15,24H,7-9H2,1-6H3,(H,21,25)(H,22,26)/t12-,13+,14-,15?,19-,20?/m0/s1. The minimum atomic E-state index is -1.04. The van der Waals surface area contributed by atoms with Crippen molar-refractivity contribution >= 4 is 17.7 Å². The van der Waals surface area contributed by atoms with Crippen LogP contribution in [0.25, 0.3) is 0 Å². The van der Waals surface area contributed by atoms with E-state index in [0.717, 1.165) is 0 Å². The quantitative estimate of drug-likeness (QED) is 0.589. The number of amides is 3. The van der Waals surface area contributed by atoms with Crippen LogP contribution in [-0.2, 0) is 19.1 Å². The number of carbonyl (C=O) groups excluding carboxylic acids is 3. The van der Waals surface area contributed by atoms with Crippen molar-refractivity contribution in [2.45, 2.75) is 76.8 Å². The van der Waals surface area contributed by atoms with Crippen molar-refractivity contribution in [3.05, 3.63) is 0 Å². The van der Waals surface area contributed by atoms with Crippen molar-refractivity contribution in [1.29, 1.82) is 0 Å². The van der Waals surface area contributed by atoms with Gasteiger partial charge in [0.25, 0.3) is 0 Å². The van der Waals surface area contributed by atoms with Crippen LogP contribution in [-0.4, -0.2) is 70.7 Å². The molecular formula is C20H33N3O5. The van der Waals surface area contributed by atoms with Crippen LogP contribution >= 0.6 is 0 Å². The van der Waals surface area contributed by atoms with Crippen LogP contribution in [0.3, 0.4) is 0 Å². The molecule has 28 heavy (non-hydrogen) atoms. The molecule has 3 saturated heterocycles. The smallest absolute Gasteiger partial charge is 0.246 e. The molecule has 3 aliphatic rings. The summed E-state index contributed by atoms with van der Waals surface area (Å²) in [7, 11) is 1.55. The maximum Gasteiger partial charge on any atom is 0.246 e. The van der Waals surface area contributed by atoms with E-state index in [1.165, 1.54) is 4.90 Å². The highest BCUT2D eigenvalue weighted by molar-refractivity contribution is 5.99. The molecule has 3 heterocycles. The fourth-order valence-corrected chi connectivity index (χ4v) is 5.56. The minimum absolute atomic E-state index is 0.0511. The predicted molar refractivity (Wildman–Crippen MR) is 102 cm³/mol. The van der Waals surface area contributed by atoms with Gasteiger partial charge in [-0.1, -0.05) is 13.8 Å². The largest absolute Gasteiger partial charge is 0.394 e. The van der Waals surface area contributed by atoms with E-state index in [1.54, 1.807) is 7.05 Å². The van der Waals surface area contributed by atoms with Crippen LogP contribution in [0.15, 0.2) is 0 Å². The number of carbonyl (C=O) groups is 3. The molecule has 0 radical (unpaired) electrons. The van der Waals surface area contributed by atoms with Crippen molar-refractivity contribution in [1.82, 2.24) is 15.5 Å². The highest BCUT2D eigenvalue weighted by Crippen LogP contribution is 2.63. The Morgan fingerprint density at radius 1 is 1.25 bits per heavy atom. The molecule has 2 bridgehead atoms. The van der Waals surface area contributed by atoms with Gasteiger partial charge in [0.2, 0.25) is 17.7 Å². The molecule has 0 aromatic rings. The molecule has 1 spiro atoms. The number of likely N-dealkylation sites (tertiary alicyclic amines) is 1. The first-order chi connectivity index (χ1) is 13.0. The van der Waals surface area contributed by atoms with Gasteiger partial charge in [-0.15, -0.1) is 0 Å². The number of fused-ring (bicyclic) bond motifs is 1. The lowest BCUT2D eigenvalue weighted by Crippen LogP contribution is -2.59. The lowest BCUT2D eigenvalue weighted by Gasteiger charge is -2.38. The average molecular weight is 396 g/mol. The third-order valence-corrected chi connectivity index (χ3v) is 6.74. The molecule has 0 aromatic heterocycles. The SMILES string of the molecule is CNC(=O)[C@H]1[C@H]2C(=O)N([C@@H](CO)C(C)C)C(C(=O)NC(C)C)C23CC[C@]1(C)O3. The van der Waals surface area contributed by atoms with Gasteiger partial charge in [-0.25, -0.2) is 0 Å². The van der Waals surface area contributed by atoms with Gasteiger partial charge in [0.1, 0.15) is 11.6 Å². The van der Waals surface area contributed by atoms with Crippen LogP contribution in [0.2, 0.25) is 0 Å². The number of aliphatic hydroxyl groups excluding tert-OH is 1. The number of hydrogen-bond donors (Lipinski definition) is 3. The summed E-state index contributed by atoms with van der Waals surface area (Å²) in [6.07, 6.45) is 1.15. The van der Waals surface area contributed by atoms with Crippen molar-refractivity contribution in [2.24, 2.45) is 17.8 Å². The Labute approximate surface area is 166 Å². The summed E-state index contributed by atoms with van der Waals surface area (Å²) in [5.41, 5.74) is -1.81. The van der Waals surface area contributed by atoms with Crippen LogP contribution in [0, 0.1) is 17.8 Å². The van der Waals surface area contributed by atoms with Crippen LogP contribution in [0.5, 0.6) is 0 Å². The molecule has 3 rings (SSSR count). The normalized spacial score (nSPS) is 37.5. The van der Waals surface area contributed by atoms with Crippen LogP contribution < -0.4 is 10.6 Å².